The second kappa shape index (κ2) is 54.3. The van der Waals surface area contributed by atoms with Crippen LogP contribution in [0.3, 0.4) is 0 Å². The summed E-state index contributed by atoms with van der Waals surface area (Å²) < 4.78 is 51.4. The van der Waals surface area contributed by atoms with Crippen LogP contribution in [0.5, 0.6) is 46.0 Å². The average molecular weight is 1580 g/mol. The van der Waals surface area contributed by atoms with E-state index >= 15 is 0 Å². The van der Waals surface area contributed by atoms with Crippen molar-refractivity contribution in [1.82, 2.24) is 0 Å². The molecule has 0 saturated heterocycles. The Morgan fingerprint density at radius 3 is 0.517 bits per heavy atom. The number of rotatable bonds is 48. The molecular formula is C110H130O8. The Morgan fingerprint density at radius 2 is 0.331 bits per heavy atom. The Hall–Kier alpha value is -10.7. The fourth-order valence-electron chi connectivity index (χ4n) is 13.9. The quantitative estimate of drug-likeness (QED) is 0.0212. The lowest BCUT2D eigenvalue weighted by Gasteiger charge is -2.13. The Bertz CT molecular complexity index is 4380. The van der Waals surface area contributed by atoms with Crippen LogP contribution in [0.25, 0.3) is 21.5 Å². The molecule has 0 radical (unpaired) electrons. The van der Waals surface area contributed by atoms with Crippen LogP contribution in [0.1, 0.15) is 328 Å². The third-order valence-electron chi connectivity index (χ3n) is 20.7. The zero-order chi connectivity index (χ0) is 82.7. The second-order valence-corrected chi connectivity index (χ2v) is 30.9. The highest BCUT2D eigenvalue weighted by molar-refractivity contribution is 6.10. The fourth-order valence-corrected chi connectivity index (χ4v) is 13.9. The van der Waals surface area contributed by atoms with Crippen molar-refractivity contribution in [1.29, 1.82) is 0 Å². The van der Waals surface area contributed by atoms with Gasteiger partial charge in [0.2, 0.25) is 0 Å². The van der Waals surface area contributed by atoms with Crippen LogP contribution in [-0.4, -0.2) is 52.9 Å². The molecule has 0 atom stereocenters. The van der Waals surface area contributed by atoms with E-state index < -0.39 is 0 Å². The van der Waals surface area contributed by atoms with Gasteiger partial charge in [0.25, 0.3) is 0 Å². The number of hydrogen-bond donors (Lipinski definition) is 0. The lowest BCUT2D eigenvalue weighted by molar-refractivity contribution is 0.259. The molecule has 8 heteroatoms. The molecule has 0 aromatic heterocycles. The van der Waals surface area contributed by atoms with Gasteiger partial charge in [0, 0.05) is 66.8 Å². The summed E-state index contributed by atoms with van der Waals surface area (Å²) in [5.41, 5.74) is 9.76. The molecule has 0 aliphatic carbocycles. The van der Waals surface area contributed by atoms with Gasteiger partial charge in [-0.1, -0.05) is 329 Å². The lowest BCUT2D eigenvalue weighted by Crippen LogP contribution is -2.03. The van der Waals surface area contributed by atoms with Crippen LogP contribution in [0.15, 0.2) is 158 Å². The minimum Gasteiger partial charge on any atom is -0.490 e. The van der Waals surface area contributed by atoms with Gasteiger partial charge in [-0.05, 0) is 182 Å². The topological polar surface area (TPSA) is 73.8 Å². The molecule has 0 fully saturated rings. The van der Waals surface area contributed by atoms with Crippen molar-refractivity contribution in [2.75, 3.05) is 52.9 Å². The Morgan fingerprint density at radius 1 is 0.161 bits per heavy atom. The van der Waals surface area contributed by atoms with Crippen LogP contribution < -0.4 is 37.9 Å². The van der Waals surface area contributed by atoms with Crippen molar-refractivity contribution in [3.8, 4) is 117 Å². The predicted molar refractivity (Wildman–Crippen MR) is 493 cm³/mol. The molecule has 0 aliphatic heterocycles. The third kappa shape index (κ3) is 31.9. The third-order valence-corrected chi connectivity index (χ3v) is 20.7. The first-order valence-electron chi connectivity index (χ1n) is 45.2. The van der Waals surface area contributed by atoms with E-state index in [1.165, 1.54) is 77.0 Å². The van der Waals surface area contributed by atoms with Gasteiger partial charge in [0.1, 0.15) is 0 Å². The molecule has 0 saturated carbocycles. The molecule has 8 nitrogen and oxygen atoms in total. The monoisotopic (exact) mass is 1580 g/mol. The normalized spacial score (nSPS) is 10.6. The molecule has 9 aromatic carbocycles. The molecule has 0 heterocycles. The minimum absolute atomic E-state index is 0.615. The van der Waals surface area contributed by atoms with E-state index in [9.17, 15) is 0 Å². The second-order valence-electron chi connectivity index (χ2n) is 30.9. The van der Waals surface area contributed by atoms with Gasteiger partial charge in [0.05, 0.1) is 52.9 Å². The first-order valence-corrected chi connectivity index (χ1v) is 45.2. The highest BCUT2D eigenvalue weighted by Gasteiger charge is 2.16. The maximum atomic E-state index is 6.47. The summed E-state index contributed by atoms with van der Waals surface area (Å²) in [6, 6.07) is 53.5. The van der Waals surface area contributed by atoms with Crippen molar-refractivity contribution in [2.24, 2.45) is 0 Å². The molecule has 0 N–H and O–H groups in total. The molecule has 0 unspecified atom stereocenters. The number of ether oxygens (including phenoxy) is 8. The molecule has 0 bridgehead atoms. The van der Waals surface area contributed by atoms with Crippen molar-refractivity contribution in [3.63, 3.8) is 0 Å². The highest BCUT2D eigenvalue weighted by Crippen LogP contribution is 2.36. The van der Waals surface area contributed by atoms with E-state index in [1.807, 2.05) is 72.8 Å². The van der Waals surface area contributed by atoms with Gasteiger partial charge >= 0.3 is 0 Å². The number of benzene rings is 9. The smallest absolute Gasteiger partial charge is 0.162 e. The summed E-state index contributed by atoms with van der Waals surface area (Å²) in [5.74, 6) is 48.8. The van der Waals surface area contributed by atoms with Crippen LogP contribution in [0.2, 0.25) is 0 Å². The molecule has 0 spiro atoms. The van der Waals surface area contributed by atoms with Crippen molar-refractivity contribution in [3.05, 3.63) is 224 Å². The zero-order valence-corrected chi connectivity index (χ0v) is 72.6. The van der Waals surface area contributed by atoms with E-state index in [0.717, 1.165) is 263 Å². The van der Waals surface area contributed by atoms with Crippen molar-refractivity contribution < 1.29 is 37.9 Å². The van der Waals surface area contributed by atoms with E-state index in [1.54, 1.807) is 0 Å². The summed E-state index contributed by atoms with van der Waals surface area (Å²) in [4.78, 5) is 0. The maximum Gasteiger partial charge on any atom is 0.162 e. The van der Waals surface area contributed by atoms with E-state index in [4.69, 9.17) is 37.9 Å². The van der Waals surface area contributed by atoms with Gasteiger partial charge in [-0.15, -0.1) is 0 Å². The summed E-state index contributed by atoms with van der Waals surface area (Å²) in [6.45, 7) is 22.9. The molecular weight excluding hydrogens is 1450 g/mol. The molecule has 618 valence electrons. The largest absolute Gasteiger partial charge is 0.490 e. The number of unbranched alkanes of at least 4 members (excludes halogenated alkanes) is 24. The van der Waals surface area contributed by atoms with Gasteiger partial charge in [-0.3, -0.25) is 0 Å². The van der Waals surface area contributed by atoms with Crippen molar-refractivity contribution >= 4 is 21.5 Å². The first-order chi connectivity index (χ1) is 58.2. The zero-order valence-electron chi connectivity index (χ0n) is 72.6. The lowest BCUT2D eigenvalue weighted by atomic mass is 9.91. The molecule has 0 amide bonds. The van der Waals surface area contributed by atoms with E-state index in [0.29, 0.717) is 52.9 Å². The summed E-state index contributed by atoms with van der Waals surface area (Å²) in [7, 11) is 0. The number of fused-ring (bicyclic) bond motifs is 2. The summed E-state index contributed by atoms with van der Waals surface area (Å²) in [5, 5.41) is 3.96. The average Bonchev–Trinajstić information content (AvgIpc) is 0.753. The predicted octanol–water partition coefficient (Wildman–Crippen LogP) is 28.1. The Balaban J connectivity index is 1.13. The minimum atomic E-state index is 0.615. The molecule has 0 aliphatic rings. The maximum absolute atomic E-state index is 6.47. The van der Waals surface area contributed by atoms with E-state index in [-0.39, 0.29) is 0 Å². The van der Waals surface area contributed by atoms with Gasteiger partial charge in [-0.25, -0.2) is 0 Å². The van der Waals surface area contributed by atoms with Gasteiger partial charge < -0.3 is 37.9 Å². The fraction of sp³-hybridized carbons (Fsp3) is 0.436. The molecule has 9 aromatic rings. The number of hydrogen-bond acceptors (Lipinski definition) is 8. The Labute approximate surface area is 710 Å². The SMILES string of the molecule is CCCCCCOc1ccc(C#Cc2cc(C#Cc3ccc(OCCCCCC)c(OCCCCCC)c3)cc(C#Cc3c4ccccc4c(C#Cc4cc(C#Cc5ccc(OCCCCCC)c(OCCCCCC)c5)cc(C#Cc5ccc(OCCCCCC)c(OCCCCCC)c5)c4)c4ccccc34)c2)cc1OCCCCCC. The molecule has 9 rings (SSSR count). The summed E-state index contributed by atoms with van der Waals surface area (Å²) in [6.07, 6.45) is 35.7. The van der Waals surface area contributed by atoms with Crippen LogP contribution >= 0.6 is 0 Å². The standard InChI is InChI=1S/C110H130O8/c1-9-17-25-37-69-111-103-65-59-87(83-107(103)115-73-41-29-21-13-5)49-53-91-77-92(54-50-88-60-66-104(112-70-38-26-18-10-2)108(84-88)116-74-42-30-22-14-6)80-95(79-91)57-63-101-97-45-33-35-47-99(97)102(100-48-36-34-46-98(100)101)64-58-96-81-93(55-51-89-61-67-105(113-71-39-27-19-11-3)109(85-89)117-75-43-31-23-15-7)78-94(82-96)56-52-90-62-68-106(114-72-40-28-20-12-4)110(86-90)118-76-44-32-24-16-8/h33-36,45-48,59-62,65-68,77-86H,9-32,37-44,69-76H2,1-8H3. The Kier molecular flexibility index (Phi) is 41.9. The van der Waals surface area contributed by atoms with Crippen molar-refractivity contribution in [2.45, 2.75) is 261 Å². The molecule has 118 heavy (non-hydrogen) atoms. The van der Waals surface area contributed by atoms with Gasteiger partial charge in [-0.2, -0.15) is 0 Å². The van der Waals surface area contributed by atoms with Crippen LogP contribution in [0.4, 0.5) is 0 Å². The van der Waals surface area contributed by atoms with E-state index in [2.05, 4.69) is 211 Å². The first kappa shape index (κ1) is 91.2. The summed E-state index contributed by atoms with van der Waals surface area (Å²) >= 11 is 0. The van der Waals surface area contributed by atoms with Crippen LogP contribution in [-0.2, 0) is 0 Å². The van der Waals surface area contributed by atoms with Crippen LogP contribution in [0, 0.1) is 71.0 Å². The highest BCUT2D eigenvalue weighted by atomic mass is 16.5. The van der Waals surface area contributed by atoms with Gasteiger partial charge in [0.15, 0.2) is 46.0 Å².